The molecule has 2 aromatic rings. The van der Waals surface area contributed by atoms with Crippen LogP contribution < -0.4 is 0 Å². The Hall–Kier alpha value is -2.44. The van der Waals surface area contributed by atoms with Gasteiger partial charge in [-0.15, -0.1) is 0 Å². The summed E-state index contributed by atoms with van der Waals surface area (Å²) in [6.07, 6.45) is 7.32. The molecule has 200 valence electrons. The highest BCUT2D eigenvalue weighted by Gasteiger charge is 2.55. The lowest BCUT2D eigenvalue weighted by molar-refractivity contribution is -0.149. The van der Waals surface area contributed by atoms with Crippen LogP contribution in [0.2, 0.25) is 5.02 Å². The van der Waals surface area contributed by atoms with Gasteiger partial charge in [0.1, 0.15) is 5.82 Å². The van der Waals surface area contributed by atoms with Crippen molar-refractivity contribution in [3.8, 4) is 0 Å². The molecule has 0 N–H and O–H groups in total. The molecule has 3 unspecified atom stereocenters. The van der Waals surface area contributed by atoms with Crippen molar-refractivity contribution >= 4 is 23.9 Å². The van der Waals surface area contributed by atoms with E-state index in [9.17, 15) is 9.18 Å². The van der Waals surface area contributed by atoms with E-state index in [-0.39, 0.29) is 23.9 Å². The normalized spacial score (nSPS) is 26.5. The zero-order chi connectivity index (χ0) is 26.6. The van der Waals surface area contributed by atoms with Gasteiger partial charge in [0.25, 0.3) is 0 Å². The summed E-state index contributed by atoms with van der Waals surface area (Å²) >= 11 is 6.13. The fourth-order valence-electron chi connectivity index (χ4n) is 6.66. The van der Waals surface area contributed by atoms with Gasteiger partial charge < -0.3 is 14.5 Å². The molecule has 37 heavy (non-hydrogen) atoms. The molecule has 7 heteroatoms. The Morgan fingerprint density at radius 1 is 1.19 bits per heavy atom. The van der Waals surface area contributed by atoms with Crippen molar-refractivity contribution in [1.82, 2.24) is 9.80 Å². The van der Waals surface area contributed by atoms with Crippen LogP contribution in [0, 0.1) is 17.7 Å². The average Bonchev–Trinajstić information content (AvgIpc) is 3.24. The number of hydrogen-bond acceptors (Lipinski definition) is 5. The molecule has 0 saturated heterocycles. The summed E-state index contributed by atoms with van der Waals surface area (Å²) in [6.45, 7) is 3.00. The van der Waals surface area contributed by atoms with Crippen LogP contribution in [0.4, 0.5) is 4.39 Å². The standard InChI is InChI=1S/C30H39ClFN3O2/c1-5-17-35-20-33-30(29(36)37-4,19-21-9-15-25(31)16-10-21)28(35)23-13-11-22(12-14-23)27(34(2)3)24-7-6-8-26(32)18-24/h6-10,15-16,18,20,22-23,27-28H,5,11-14,17,19H2,1-4H3. The number of nitrogens with zero attached hydrogens (tertiary/aromatic N) is 3. The highest BCUT2D eigenvalue weighted by atomic mass is 35.5. The number of methoxy groups -OCH3 is 1. The van der Waals surface area contributed by atoms with E-state index < -0.39 is 5.54 Å². The van der Waals surface area contributed by atoms with Crippen molar-refractivity contribution in [1.29, 1.82) is 0 Å². The van der Waals surface area contributed by atoms with Crippen molar-refractivity contribution in [3.05, 3.63) is 70.5 Å². The molecule has 4 rings (SSSR count). The highest BCUT2D eigenvalue weighted by Crippen LogP contribution is 2.45. The molecular weight excluding hydrogens is 489 g/mol. The third-order valence-electron chi connectivity index (χ3n) is 8.15. The van der Waals surface area contributed by atoms with Crippen LogP contribution in [0.1, 0.15) is 56.2 Å². The Morgan fingerprint density at radius 3 is 2.49 bits per heavy atom. The van der Waals surface area contributed by atoms with Gasteiger partial charge in [-0.1, -0.05) is 42.8 Å². The summed E-state index contributed by atoms with van der Waals surface area (Å²) in [5.74, 6) is 0.238. The van der Waals surface area contributed by atoms with Gasteiger partial charge in [-0.2, -0.15) is 0 Å². The quantitative estimate of drug-likeness (QED) is 0.366. The Morgan fingerprint density at radius 2 is 1.89 bits per heavy atom. The summed E-state index contributed by atoms with van der Waals surface area (Å²) in [5.41, 5.74) is 1.05. The van der Waals surface area contributed by atoms with E-state index in [0.717, 1.165) is 49.8 Å². The molecule has 1 heterocycles. The second-order valence-electron chi connectivity index (χ2n) is 10.8. The Labute approximate surface area is 225 Å². The molecule has 0 aromatic heterocycles. The zero-order valence-electron chi connectivity index (χ0n) is 22.4. The van der Waals surface area contributed by atoms with E-state index in [1.54, 1.807) is 12.1 Å². The molecule has 0 radical (unpaired) electrons. The number of rotatable bonds is 9. The van der Waals surface area contributed by atoms with E-state index >= 15 is 0 Å². The molecule has 1 aliphatic carbocycles. The second-order valence-corrected chi connectivity index (χ2v) is 11.2. The van der Waals surface area contributed by atoms with Crippen LogP contribution in [0.3, 0.4) is 0 Å². The van der Waals surface area contributed by atoms with Crippen LogP contribution in [0.25, 0.3) is 0 Å². The number of benzene rings is 2. The molecule has 2 aliphatic rings. The summed E-state index contributed by atoms with van der Waals surface area (Å²) in [7, 11) is 5.60. The molecule has 1 saturated carbocycles. The van der Waals surface area contributed by atoms with Gasteiger partial charge in [0.05, 0.1) is 19.5 Å². The third kappa shape index (κ3) is 5.85. The maximum absolute atomic E-state index is 14.0. The Kier molecular flexibility index (Phi) is 8.91. The fourth-order valence-corrected chi connectivity index (χ4v) is 6.79. The maximum Gasteiger partial charge on any atom is 0.336 e. The van der Waals surface area contributed by atoms with Crippen molar-refractivity contribution in [2.45, 2.75) is 63.1 Å². The number of carbonyl (C=O) groups is 1. The van der Waals surface area contributed by atoms with Crippen molar-refractivity contribution in [2.24, 2.45) is 16.8 Å². The van der Waals surface area contributed by atoms with Gasteiger partial charge >= 0.3 is 5.97 Å². The molecule has 1 fully saturated rings. The molecule has 0 amide bonds. The predicted octanol–water partition coefficient (Wildman–Crippen LogP) is 6.17. The van der Waals surface area contributed by atoms with E-state index in [4.69, 9.17) is 21.3 Å². The number of esters is 1. The minimum Gasteiger partial charge on any atom is -0.467 e. The van der Waals surface area contributed by atoms with Crippen LogP contribution in [0.5, 0.6) is 0 Å². The average molecular weight is 528 g/mol. The SMILES string of the molecule is CCCN1C=NC(Cc2ccc(Cl)cc2)(C(=O)OC)C1C1CCC(C(c2cccc(F)c2)N(C)C)CC1. The minimum atomic E-state index is -0.987. The van der Waals surface area contributed by atoms with Crippen LogP contribution in [-0.2, 0) is 16.0 Å². The molecule has 3 atom stereocenters. The first-order valence-corrected chi connectivity index (χ1v) is 13.7. The van der Waals surface area contributed by atoms with Crippen LogP contribution >= 0.6 is 11.6 Å². The summed E-state index contributed by atoms with van der Waals surface area (Å²) in [6, 6.07) is 14.7. The van der Waals surface area contributed by atoms with Gasteiger partial charge in [-0.25, -0.2) is 9.18 Å². The monoisotopic (exact) mass is 527 g/mol. The summed E-state index contributed by atoms with van der Waals surface area (Å²) in [5, 5.41) is 0.669. The first kappa shape index (κ1) is 27.6. The molecule has 0 spiro atoms. The van der Waals surface area contributed by atoms with Crippen LogP contribution in [0.15, 0.2) is 53.5 Å². The second kappa shape index (κ2) is 12.0. The lowest BCUT2D eigenvalue weighted by Crippen LogP contribution is -2.57. The van der Waals surface area contributed by atoms with Crippen molar-refractivity contribution < 1.29 is 13.9 Å². The van der Waals surface area contributed by atoms with E-state index in [1.807, 2.05) is 36.7 Å². The Balaban J connectivity index is 1.59. The topological polar surface area (TPSA) is 45.1 Å². The molecular formula is C30H39ClFN3O2. The third-order valence-corrected chi connectivity index (χ3v) is 8.40. The molecule has 0 bridgehead atoms. The van der Waals surface area contributed by atoms with Gasteiger partial charge in [0.15, 0.2) is 5.54 Å². The van der Waals surface area contributed by atoms with E-state index in [1.165, 1.54) is 13.2 Å². The van der Waals surface area contributed by atoms with E-state index in [0.29, 0.717) is 23.3 Å². The number of aliphatic imine (C=N–C) groups is 1. The molecule has 5 nitrogen and oxygen atoms in total. The van der Waals surface area contributed by atoms with Crippen molar-refractivity contribution in [3.63, 3.8) is 0 Å². The first-order chi connectivity index (χ1) is 17.8. The predicted molar refractivity (Wildman–Crippen MR) is 147 cm³/mol. The summed E-state index contributed by atoms with van der Waals surface area (Å²) < 4.78 is 19.4. The fraction of sp³-hybridized carbons (Fsp3) is 0.533. The smallest absolute Gasteiger partial charge is 0.336 e. The number of halogens is 2. The van der Waals surface area contributed by atoms with Crippen LogP contribution in [-0.4, -0.2) is 61.4 Å². The first-order valence-electron chi connectivity index (χ1n) is 13.3. The lowest BCUT2D eigenvalue weighted by Gasteiger charge is -2.44. The van der Waals surface area contributed by atoms with Gasteiger partial charge in [0, 0.05) is 24.0 Å². The Bertz CT molecular complexity index is 1080. The van der Waals surface area contributed by atoms with E-state index in [2.05, 4.69) is 30.8 Å². The minimum absolute atomic E-state index is 0.0662. The summed E-state index contributed by atoms with van der Waals surface area (Å²) in [4.78, 5) is 22.8. The number of ether oxygens (including phenoxy) is 1. The van der Waals surface area contributed by atoms with Crippen molar-refractivity contribution in [2.75, 3.05) is 27.7 Å². The zero-order valence-corrected chi connectivity index (χ0v) is 23.1. The maximum atomic E-state index is 14.0. The lowest BCUT2D eigenvalue weighted by atomic mass is 9.68. The number of hydrogen-bond donors (Lipinski definition) is 0. The number of carbonyl (C=O) groups excluding carboxylic acids is 1. The molecule has 2 aromatic carbocycles. The molecule has 1 aliphatic heterocycles. The highest BCUT2D eigenvalue weighted by molar-refractivity contribution is 6.30. The van der Waals surface area contributed by atoms with Gasteiger partial charge in [-0.05, 0) is 93.4 Å². The van der Waals surface area contributed by atoms with Gasteiger partial charge in [-0.3, -0.25) is 4.99 Å². The van der Waals surface area contributed by atoms with Gasteiger partial charge in [0.2, 0.25) is 0 Å². The largest absolute Gasteiger partial charge is 0.467 e.